The molecular weight excluding hydrogens is 424 g/mol. The number of hydrogen-bond acceptors (Lipinski definition) is 4. The summed E-state index contributed by atoms with van der Waals surface area (Å²) in [5.74, 6) is 0.517. The molecule has 2 aromatic heterocycles. The highest BCUT2D eigenvalue weighted by Crippen LogP contribution is 2.35. The Labute approximate surface area is 189 Å². The Kier molecular flexibility index (Phi) is 5.53. The van der Waals surface area contributed by atoms with E-state index in [4.69, 9.17) is 0 Å². The Bertz CT molecular complexity index is 1190. The highest BCUT2D eigenvalue weighted by Gasteiger charge is 2.36. The molecule has 4 heterocycles. The molecule has 2 atom stereocenters. The summed E-state index contributed by atoms with van der Waals surface area (Å²) >= 11 is 1.60. The Morgan fingerprint density at radius 3 is 2.59 bits per heavy atom. The molecule has 5 rings (SSSR count). The van der Waals surface area contributed by atoms with Crippen molar-refractivity contribution >= 4 is 34.6 Å². The van der Waals surface area contributed by atoms with Crippen molar-refractivity contribution in [3.05, 3.63) is 80.9 Å². The maximum atomic E-state index is 13.1. The molecule has 1 fully saturated rings. The van der Waals surface area contributed by atoms with Crippen molar-refractivity contribution in [1.82, 2.24) is 9.47 Å². The highest BCUT2D eigenvalue weighted by atomic mass is 32.1. The molecule has 0 unspecified atom stereocenters. The van der Waals surface area contributed by atoms with Crippen LogP contribution in [0.15, 0.2) is 64.8 Å². The topological polar surface area (TPSA) is 83.4 Å². The van der Waals surface area contributed by atoms with E-state index in [9.17, 15) is 14.4 Å². The molecule has 3 aromatic rings. The first-order chi connectivity index (χ1) is 15.6. The van der Waals surface area contributed by atoms with E-state index < -0.39 is 6.03 Å². The average molecular weight is 449 g/mol. The summed E-state index contributed by atoms with van der Waals surface area (Å²) in [6.07, 6.45) is 1.41. The fourth-order valence-corrected chi connectivity index (χ4v) is 5.42. The van der Waals surface area contributed by atoms with Crippen LogP contribution in [0.4, 0.5) is 16.2 Å². The largest absolute Gasteiger partial charge is 0.341 e. The molecule has 3 amide bonds. The number of nitrogens with zero attached hydrogens (tertiary/aromatic N) is 2. The predicted octanol–water partition coefficient (Wildman–Crippen LogP) is 3.74. The smallest absolute Gasteiger partial charge is 0.323 e. The molecule has 1 aromatic carbocycles. The second-order valence-corrected chi connectivity index (χ2v) is 9.42. The second kappa shape index (κ2) is 8.63. The maximum Gasteiger partial charge on any atom is 0.323 e. The lowest BCUT2D eigenvalue weighted by atomic mass is 9.83. The number of hydrogen-bond donors (Lipinski definition) is 2. The number of aromatic nitrogens is 1. The van der Waals surface area contributed by atoms with Crippen molar-refractivity contribution in [2.75, 3.05) is 23.7 Å². The van der Waals surface area contributed by atoms with E-state index in [1.54, 1.807) is 34.1 Å². The lowest BCUT2D eigenvalue weighted by Gasteiger charge is -2.43. The van der Waals surface area contributed by atoms with Gasteiger partial charge in [0.25, 0.3) is 5.56 Å². The molecule has 0 saturated carbocycles. The van der Waals surface area contributed by atoms with Crippen LogP contribution in [0.2, 0.25) is 0 Å². The summed E-state index contributed by atoms with van der Waals surface area (Å²) < 4.78 is 1.78. The SMILES string of the molecule is O=C(Nc1ccccc1)Nc1ccc2n(c1=O)C[C@@H]1C[C@@H]2CN(C(=O)Cc2cccs2)C1. The molecule has 2 aliphatic rings. The number of piperidine rings is 1. The molecular formula is C24H24N4O3S. The number of carbonyl (C=O) groups excluding carboxylic acids is 2. The Morgan fingerprint density at radius 2 is 1.81 bits per heavy atom. The molecule has 7 nitrogen and oxygen atoms in total. The van der Waals surface area contributed by atoms with Crippen LogP contribution in [0, 0.1) is 5.92 Å². The molecule has 2 N–H and O–H groups in total. The van der Waals surface area contributed by atoms with Crippen LogP contribution in [0.5, 0.6) is 0 Å². The van der Waals surface area contributed by atoms with Crippen LogP contribution in [0.3, 0.4) is 0 Å². The summed E-state index contributed by atoms with van der Waals surface area (Å²) in [5.41, 5.74) is 1.66. The molecule has 1 saturated heterocycles. The van der Waals surface area contributed by atoms with Crippen LogP contribution in [-0.2, 0) is 17.8 Å². The highest BCUT2D eigenvalue weighted by molar-refractivity contribution is 7.10. The van der Waals surface area contributed by atoms with Gasteiger partial charge in [-0.15, -0.1) is 11.3 Å². The van der Waals surface area contributed by atoms with Gasteiger partial charge in [-0.2, -0.15) is 0 Å². The number of benzene rings is 1. The summed E-state index contributed by atoms with van der Waals surface area (Å²) in [7, 11) is 0. The number of anilines is 2. The minimum Gasteiger partial charge on any atom is -0.341 e. The van der Waals surface area contributed by atoms with Gasteiger partial charge in [-0.25, -0.2) is 4.79 Å². The first-order valence-corrected chi connectivity index (χ1v) is 11.6. The standard InChI is InChI=1S/C24H24N4O3S/c29-22(12-19-7-4-10-32-19)27-13-16-11-17(15-27)21-9-8-20(23(30)28(21)14-16)26-24(31)25-18-5-2-1-3-6-18/h1-10,16-17H,11-15H2,(H2,25,26,31)/t16-,17-/m1/s1. The fraction of sp³-hybridized carbons (Fsp3) is 0.292. The van der Waals surface area contributed by atoms with Crippen molar-refractivity contribution in [2.45, 2.75) is 25.3 Å². The van der Waals surface area contributed by atoms with Crippen LogP contribution in [-0.4, -0.2) is 34.5 Å². The molecule has 8 heteroatoms. The first kappa shape index (κ1) is 20.5. The van der Waals surface area contributed by atoms with Crippen molar-refractivity contribution in [3.63, 3.8) is 0 Å². The van der Waals surface area contributed by atoms with Gasteiger partial charge in [-0.1, -0.05) is 24.3 Å². The minimum absolute atomic E-state index is 0.134. The van der Waals surface area contributed by atoms with E-state index in [-0.39, 0.29) is 29.0 Å². The number of fused-ring (bicyclic) bond motifs is 4. The molecule has 0 aliphatic carbocycles. The molecule has 0 radical (unpaired) electrons. The summed E-state index contributed by atoms with van der Waals surface area (Å²) in [6.45, 7) is 1.85. The zero-order chi connectivity index (χ0) is 22.1. The number of carbonyl (C=O) groups is 2. The number of amides is 3. The van der Waals surface area contributed by atoms with E-state index >= 15 is 0 Å². The van der Waals surface area contributed by atoms with Gasteiger partial charge in [0, 0.05) is 41.8 Å². The van der Waals surface area contributed by atoms with Gasteiger partial charge in [0.1, 0.15) is 5.69 Å². The van der Waals surface area contributed by atoms with Crippen LogP contribution >= 0.6 is 11.3 Å². The number of nitrogens with one attached hydrogen (secondary N) is 2. The zero-order valence-electron chi connectivity index (χ0n) is 17.5. The third-order valence-electron chi connectivity index (χ3n) is 6.14. The summed E-state index contributed by atoms with van der Waals surface area (Å²) in [5, 5.41) is 7.40. The van der Waals surface area contributed by atoms with Crippen molar-refractivity contribution in [3.8, 4) is 0 Å². The van der Waals surface area contributed by atoms with Gasteiger partial charge >= 0.3 is 6.03 Å². The van der Waals surface area contributed by atoms with Crippen molar-refractivity contribution in [2.24, 2.45) is 5.92 Å². The van der Waals surface area contributed by atoms with E-state index in [0.29, 0.717) is 31.7 Å². The van der Waals surface area contributed by atoms with E-state index in [1.165, 1.54) is 0 Å². The van der Waals surface area contributed by atoms with Gasteiger partial charge < -0.3 is 20.1 Å². The third kappa shape index (κ3) is 4.18. The average Bonchev–Trinajstić information content (AvgIpc) is 3.29. The Hall–Kier alpha value is -3.39. The number of para-hydroxylation sites is 1. The first-order valence-electron chi connectivity index (χ1n) is 10.7. The maximum absolute atomic E-state index is 13.1. The zero-order valence-corrected chi connectivity index (χ0v) is 18.3. The minimum atomic E-state index is -0.449. The monoisotopic (exact) mass is 448 g/mol. The van der Waals surface area contributed by atoms with Gasteiger partial charge in [0.05, 0.1) is 6.42 Å². The third-order valence-corrected chi connectivity index (χ3v) is 7.02. The summed E-state index contributed by atoms with van der Waals surface area (Å²) in [6, 6.07) is 16.2. The number of likely N-dealkylation sites (tertiary alicyclic amines) is 1. The van der Waals surface area contributed by atoms with Crippen LogP contribution in [0.25, 0.3) is 0 Å². The van der Waals surface area contributed by atoms with Crippen LogP contribution in [0.1, 0.15) is 22.9 Å². The molecule has 0 spiro atoms. The summed E-state index contributed by atoms with van der Waals surface area (Å²) in [4.78, 5) is 41.3. The number of pyridine rings is 1. The van der Waals surface area contributed by atoms with Gasteiger partial charge in [0.2, 0.25) is 5.91 Å². The van der Waals surface area contributed by atoms with E-state index in [2.05, 4.69) is 10.6 Å². The Morgan fingerprint density at radius 1 is 0.969 bits per heavy atom. The van der Waals surface area contributed by atoms with E-state index in [0.717, 1.165) is 17.0 Å². The van der Waals surface area contributed by atoms with Gasteiger partial charge in [-0.3, -0.25) is 9.59 Å². The van der Waals surface area contributed by atoms with Crippen molar-refractivity contribution in [1.29, 1.82) is 0 Å². The lowest BCUT2D eigenvalue weighted by molar-refractivity contribution is -0.133. The number of rotatable bonds is 4. The number of thiophene rings is 1. The van der Waals surface area contributed by atoms with Gasteiger partial charge in [0.15, 0.2) is 0 Å². The quantitative estimate of drug-likeness (QED) is 0.638. The van der Waals surface area contributed by atoms with Crippen LogP contribution < -0.4 is 16.2 Å². The lowest BCUT2D eigenvalue weighted by Crippen LogP contribution is -2.49. The van der Waals surface area contributed by atoms with Crippen molar-refractivity contribution < 1.29 is 9.59 Å². The second-order valence-electron chi connectivity index (χ2n) is 8.39. The molecule has 164 valence electrons. The molecule has 32 heavy (non-hydrogen) atoms. The number of urea groups is 1. The predicted molar refractivity (Wildman–Crippen MR) is 125 cm³/mol. The van der Waals surface area contributed by atoms with Gasteiger partial charge in [-0.05, 0) is 48.1 Å². The molecule has 2 aliphatic heterocycles. The van der Waals surface area contributed by atoms with E-state index in [1.807, 2.05) is 46.7 Å². The normalized spacial score (nSPS) is 19.2. The Balaban J connectivity index is 1.30. The molecule has 2 bridgehead atoms. The fourth-order valence-electron chi connectivity index (χ4n) is 4.72.